The highest BCUT2D eigenvalue weighted by molar-refractivity contribution is 5.90. The van der Waals surface area contributed by atoms with E-state index >= 15 is 0 Å². The molecule has 0 unspecified atom stereocenters. The molecule has 0 saturated carbocycles. The first kappa shape index (κ1) is 17.3. The van der Waals surface area contributed by atoms with Crippen molar-refractivity contribution in [2.45, 2.75) is 25.0 Å². The maximum Gasteiger partial charge on any atom is 0.267 e. The molecular formula is C17H21N5O3. The van der Waals surface area contributed by atoms with Crippen LogP contribution in [0.4, 0.5) is 0 Å². The SMILES string of the molecule is O=C(/C=C/c1cn([C@@H]2C[C@H](CO)N(Cc3ccccc3)C2)nn1)NO. The molecule has 0 radical (unpaired) electrons. The molecule has 1 aromatic carbocycles. The second-order valence-corrected chi connectivity index (χ2v) is 6.07. The highest BCUT2D eigenvalue weighted by atomic mass is 16.5. The number of nitrogens with one attached hydrogen (secondary N) is 1. The summed E-state index contributed by atoms with van der Waals surface area (Å²) in [5.74, 6) is -0.621. The summed E-state index contributed by atoms with van der Waals surface area (Å²) in [6, 6.07) is 10.3. The van der Waals surface area contributed by atoms with Crippen LogP contribution in [0.25, 0.3) is 6.08 Å². The molecule has 3 N–H and O–H groups in total. The minimum Gasteiger partial charge on any atom is -0.395 e. The molecule has 1 aliphatic heterocycles. The number of hydrogen-bond acceptors (Lipinski definition) is 6. The lowest BCUT2D eigenvalue weighted by atomic mass is 10.1. The molecule has 1 amide bonds. The van der Waals surface area contributed by atoms with Crippen LogP contribution in [0.15, 0.2) is 42.6 Å². The van der Waals surface area contributed by atoms with E-state index < -0.39 is 5.91 Å². The van der Waals surface area contributed by atoms with Crippen molar-refractivity contribution >= 4 is 12.0 Å². The number of hydroxylamine groups is 1. The topological polar surface area (TPSA) is 104 Å². The highest BCUT2D eigenvalue weighted by Gasteiger charge is 2.33. The zero-order valence-corrected chi connectivity index (χ0v) is 13.7. The highest BCUT2D eigenvalue weighted by Crippen LogP contribution is 2.28. The molecule has 1 saturated heterocycles. The van der Waals surface area contributed by atoms with Crippen LogP contribution >= 0.6 is 0 Å². The van der Waals surface area contributed by atoms with Crippen molar-refractivity contribution in [2.24, 2.45) is 0 Å². The number of nitrogens with zero attached hydrogens (tertiary/aromatic N) is 4. The van der Waals surface area contributed by atoms with E-state index in [0.29, 0.717) is 5.69 Å². The molecular weight excluding hydrogens is 322 g/mol. The number of rotatable bonds is 6. The number of aliphatic hydroxyl groups is 1. The van der Waals surface area contributed by atoms with Gasteiger partial charge in [0, 0.05) is 25.2 Å². The Labute approximate surface area is 145 Å². The van der Waals surface area contributed by atoms with Crippen LogP contribution < -0.4 is 5.48 Å². The van der Waals surface area contributed by atoms with Gasteiger partial charge in [-0.1, -0.05) is 35.5 Å². The van der Waals surface area contributed by atoms with E-state index in [1.54, 1.807) is 10.9 Å². The zero-order chi connectivity index (χ0) is 17.6. The van der Waals surface area contributed by atoms with E-state index in [9.17, 15) is 9.90 Å². The Morgan fingerprint density at radius 1 is 1.36 bits per heavy atom. The van der Waals surface area contributed by atoms with Gasteiger partial charge in [0.1, 0.15) is 5.69 Å². The maximum absolute atomic E-state index is 11.0. The van der Waals surface area contributed by atoms with Gasteiger partial charge in [-0.15, -0.1) is 5.10 Å². The summed E-state index contributed by atoms with van der Waals surface area (Å²) in [4.78, 5) is 13.3. The predicted molar refractivity (Wildman–Crippen MR) is 90.4 cm³/mol. The molecule has 0 bridgehead atoms. The van der Waals surface area contributed by atoms with Gasteiger partial charge < -0.3 is 5.11 Å². The van der Waals surface area contributed by atoms with Gasteiger partial charge in [0.05, 0.1) is 18.8 Å². The van der Waals surface area contributed by atoms with Crippen LogP contribution in [0.2, 0.25) is 0 Å². The van der Waals surface area contributed by atoms with Crippen LogP contribution in [-0.2, 0) is 11.3 Å². The van der Waals surface area contributed by atoms with Crippen LogP contribution in [0.5, 0.6) is 0 Å². The Morgan fingerprint density at radius 3 is 2.88 bits per heavy atom. The van der Waals surface area contributed by atoms with E-state index in [2.05, 4.69) is 27.3 Å². The molecule has 8 nitrogen and oxygen atoms in total. The Morgan fingerprint density at radius 2 is 2.16 bits per heavy atom. The predicted octanol–water partition coefficient (Wildman–Crippen LogP) is 0.605. The van der Waals surface area contributed by atoms with Crippen molar-refractivity contribution in [3.05, 3.63) is 53.9 Å². The Hall–Kier alpha value is -2.55. The van der Waals surface area contributed by atoms with E-state index in [4.69, 9.17) is 5.21 Å². The number of carbonyl (C=O) groups is 1. The molecule has 3 rings (SSSR count). The van der Waals surface area contributed by atoms with Gasteiger partial charge in [0.25, 0.3) is 5.91 Å². The molecule has 1 aromatic heterocycles. The first-order valence-electron chi connectivity index (χ1n) is 8.12. The fraction of sp³-hybridized carbons (Fsp3) is 0.353. The number of likely N-dealkylation sites (tertiary alicyclic amines) is 1. The van der Waals surface area contributed by atoms with Gasteiger partial charge in [0.2, 0.25) is 0 Å². The minimum atomic E-state index is -0.621. The van der Waals surface area contributed by atoms with Crippen molar-refractivity contribution in [2.75, 3.05) is 13.2 Å². The maximum atomic E-state index is 11.0. The minimum absolute atomic E-state index is 0.0774. The lowest BCUT2D eigenvalue weighted by molar-refractivity contribution is -0.124. The number of benzene rings is 1. The summed E-state index contributed by atoms with van der Waals surface area (Å²) in [6.45, 7) is 1.64. The summed E-state index contributed by atoms with van der Waals surface area (Å²) in [7, 11) is 0. The molecule has 0 aliphatic carbocycles. The summed E-state index contributed by atoms with van der Waals surface area (Å²) >= 11 is 0. The monoisotopic (exact) mass is 343 g/mol. The van der Waals surface area contributed by atoms with Crippen LogP contribution in [0.1, 0.15) is 23.7 Å². The van der Waals surface area contributed by atoms with E-state index in [-0.39, 0.29) is 18.7 Å². The standard InChI is InChI=1S/C17H21N5O3/c23-12-16-8-15(11-21(16)9-13-4-2-1-3-5-13)22-10-14(18-20-22)6-7-17(24)19-25/h1-7,10,15-16,23,25H,8-9,11-12H2,(H,19,24)/b7-6+/t15-,16-/m1/s1. The molecule has 132 valence electrons. The first-order valence-corrected chi connectivity index (χ1v) is 8.12. The van der Waals surface area contributed by atoms with Crippen LogP contribution in [0.3, 0.4) is 0 Å². The Kier molecular flexibility index (Phi) is 5.54. The van der Waals surface area contributed by atoms with E-state index in [1.807, 2.05) is 18.2 Å². The van der Waals surface area contributed by atoms with Gasteiger partial charge in [-0.3, -0.25) is 14.9 Å². The lowest BCUT2D eigenvalue weighted by Gasteiger charge is -2.22. The molecule has 2 aromatic rings. The van der Waals surface area contributed by atoms with Gasteiger partial charge in [-0.2, -0.15) is 0 Å². The molecule has 1 aliphatic rings. The number of aliphatic hydroxyl groups excluding tert-OH is 1. The third-order valence-corrected chi connectivity index (χ3v) is 4.36. The van der Waals surface area contributed by atoms with Gasteiger partial charge in [-0.25, -0.2) is 10.2 Å². The number of aromatic nitrogens is 3. The quantitative estimate of drug-likeness (QED) is 0.403. The molecule has 25 heavy (non-hydrogen) atoms. The van der Waals surface area contributed by atoms with Gasteiger partial charge >= 0.3 is 0 Å². The molecule has 0 spiro atoms. The van der Waals surface area contributed by atoms with Crippen molar-refractivity contribution in [3.8, 4) is 0 Å². The third-order valence-electron chi connectivity index (χ3n) is 4.36. The fourth-order valence-electron chi connectivity index (χ4n) is 3.09. The summed E-state index contributed by atoms with van der Waals surface area (Å²) in [5.41, 5.74) is 3.26. The second-order valence-electron chi connectivity index (χ2n) is 6.07. The molecule has 1 fully saturated rings. The van der Waals surface area contributed by atoms with Crippen molar-refractivity contribution in [1.82, 2.24) is 25.4 Å². The summed E-state index contributed by atoms with van der Waals surface area (Å²) < 4.78 is 1.77. The first-order chi connectivity index (χ1) is 12.2. The summed E-state index contributed by atoms with van der Waals surface area (Å²) in [6.07, 6.45) is 5.20. The average molecular weight is 343 g/mol. The van der Waals surface area contributed by atoms with Gasteiger partial charge in [0.15, 0.2) is 0 Å². The summed E-state index contributed by atoms with van der Waals surface area (Å²) in [5, 5.41) is 26.3. The van der Waals surface area contributed by atoms with Crippen molar-refractivity contribution < 1.29 is 15.1 Å². The van der Waals surface area contributed by atoms with Crippen LogP contribution in [-0.4, -0.2) is 55.3 Å². The van der Waals surface area contributed by atoms with Crippen molar-refractivity contribution in [1.29, 1.82) is 0 Å². The normalized spacial score (nSPS) is 21.0. The van der Waals surface area contributed by atoms with Crippen molar-refractivity contribution in [3.63, 3.8) is 0 Å². The fourth-order valence-corrected chi connectivity index (χ4v) is 3.09. The lowest BCUT2D eigenvalue weighted by Crippen LogP contribution is -2.31. The van der Waals surface area contributed by atoms with E-state index in [1.165, 1.54) is 23.2 Å². The Bertz CT molecular complexity index is 731. The second kappa shape index (κ2) is 8.02. The smallest absolute Gasteiger partial charge is 0.267 e. The number of carbonyl (C=O) groups excluding carboxylic acids is 1. The average Bonchev–Trinajstić information content (AvgIpc) is 3.27. The molecule has 2 atom stereocenters. The molecule has 8 heteroatoms. The molecule has 2 heterocycles. The number of hydrogen-bond donors (Lipinski definition) is 3. The Balaban J connectivity index is 1.66. The van der Waals surface area contributed by atoms with E-state index in [0.717, 1.165) is 19.5 Å². The zero-order valence-electron chi connectivity index (χ0n) is 13.7. The third kappa shape index (κ3) is 4.30. The van der Waals surface area contributed by atoms with Crippen LogP contribution in [0, 0.1) is 0 Å². The largest absolute Gasteiger partial charge is 0.395 e. The number of amides is 1. The van der Waals surface area contributed by atoms with Gasteiger partial charge in [-0.05, 0) is 18.1 Å².